The van der Waals surface area contributed by atoms with E-state index < -0.39 is 29.6 Å². The van der Waals surface area contributed by atoms with Crippen molar-refractivity contribution in [1.29, 1.82) is 0 Å². The molecule has 1 rings (SSSR count). The van der Waals surface area contributed by atoms with Crippen molar-refractivity contribution in [2.75, 3.05) is 6.61 Å². The first kappa shape index (κ1) is 12.0. The zero-order chi connectivity index (χ0) is 11.6. The molecule has 86 valence electrons. The molecule has 1 saturated heterocycles. The molecule has 0 aromatic rings. The summed E-state index contributed by atoms with van der Waals surface area (Å²) in [5, 5.41) is 9.47. The van der Waals surface area contributed by atoms with Gasteiger partial charge in [0.05, 0.1) is 6.61 Å². The van der Waals surface area contributed by atoms with E-state index in [1.54, 1.807) is 20.8 Å². The summed E-state index contributed by atoms with van der Waals surface area (Å²) in [5.41, 5.74) is -1.31. The molecular weight excluding hydrogens is 200 g/mol. The second-order valence-electron chi connectivity index (χ2n) is 3.62. The normalized spacial score (nSPS) is 35.1. The van der Waals surface area contributed by atoms with Crippen molar-refractivity contribution in [3.8, 4) is 0 Å². The second kappa shape index (κ2) is 4.18. The predicted molar refractivity (Wildman–Crippen MR) is 50.9 cm³/mol. The van der Waals surface area contributed by atoms with Crippen molar-refractivity contribution in [2.24, 2.45) is 5.92 Å². The van der Waals surface area contributed by atoms with E-state index in [9.17, 15) is 14.7 Å². The van der Waals surface area contributed by atoms with Crippen LogP contribution in [0.1, 0.15) is 27.2 Å². The molecule has 5 heteroatoms. The Morgan fingerprint density at radius 1 is 1.60 bits per heavy atom. The van der Waals surface area contributed by atoms with Gasteiger partial charge >= 0.3 is 11.9 Å². The maximum atomic E-state index is 11.7. The molecule has 15 heavy (non-hydrogen) atoms. The molecule has 0 spiro atoms. The van der Waals surface area contributed by atoms with Gasteiger partial charge in [0.25, 0.3) is 0 Å². The summed E-state index contributed by atoms with van der Waals surface area (Å²) in [6, 6.07) is 0. The van der Waals surface area contributed by atoms with Crippen LogP contribution in [0.5, 0.6) is 0 Å². The topological polar surface area (TPSA) is 72.8 Å². The minimum absolute atomic E-state index is 0.223. The zero-order valence-electron chi connectivity index (χ0n) is 9.15. The molecule has 1 fully saturated rings. The number of carbonyl (C=O) groups is 2. The van der Waals surface area contributed by atoms with Gasteiger partial charge in [0.15, 0.2) is 6.10 Å². The Hall–Kier alpha value is -1.10. The van der Waals surface area contributed by atoms with Crippen LogP contribution in [0.2, 0.25) is 0 Å². The van der Waals surface area contributed by atoms with Crippen LogP contribution in [0, 0.1) is 5.92 Å². The lowest BCUT2D eigenvalue weighted by Crippen LogP contribution is -2.45. The van der Waals surface area contributed by atoms with Gasteiger partial charge in [-0.2, -0.15) is 0 Å². The molecule has 0 amide bonds. The van der Waals surface area contributed by atoms with Crippen LogP contribution in [0.4, 0.5) is 0 Å². The molecule has 1 heterocycles. The van der Waals surface area contributed by atoms with Crippen LogP contribution in [-0.4, -0.2) is 35.4 Å². The molecule has 1 aliphatic rings. The second-order valence-corrected chi connectivity index (χ2v) is 3.62. The minimum atomic E-state index is -1.31. The Labute approximate surface area is 88.4 Å². The molecule has 3 atom stereocenters. The average molecular weight is 216 g/mol. The summed E-state index contributed by atoms with van der Waals surface area (Å²) in [6.07, 6.45) is -0.940. The average Bonchev–Trinajstić information content (AvgIpc) is 2.44. The summed E-state index contributed by atoms with van der Waals surface area (Å²) < 4.78 is 9.83. The lowest BCUT2D eigenvalue weighted by Gasteiger charge is -2.27. The summed E-state index contributed by atoms with van der Waals surface area (Å²) in [5.74, 6) is -1.91. The van der Waals surface area contributed by atoms with E-state index in [1.807, 2.05) is 0 Å². The summed E-state index contributed by atoms with van der Waals surface area (Å²) in [7, 11) is 0. The minimum Gasteiger partial charge on any atom is -0.463 e. The molecule has 5 nitrogen and oxygen atoms in total. The first-order chi connectivity index (χ1) is 6.99. The molecule has 0 aliphatic carbocycles. The van der Waals surface area contributed by atoms with Crippen molar-refractivity contribution >= 4 is 11.9 Å². The monoisotopic (exact) mass is 216 g/mol. The third kappa shape index (κ3) is 1.71. The maximum absolute atomic E-state index is 11.7. The lowest BCUT2D eigenvalue weighted by atomic mass is 9.85. The highest BCUT2D eigenvalue weighted by atomic mass is 16.6. The third-order valence-electron chi connectivity index (χ3n) is 2.88. The Kier molecular flexibility index (Phi) is 3.34. The van der Waals surface area contributed by atoms with Crippen LogP contribution in [0.25, 0.3) is 0 Å². The van der Waals surface area contributed by atoms with Crippen LogP contribution >= 0.6 is 0 Å². The fraction of sp³-hybridized carbons (Fsp3) is 0.800. The van der Waals surface area contributed by atoms with E-state index in [0.29, 0.717) is 6.42 Å². The molecule has 0 bridgehead atoms. The van der Waals surface area contributed by atoms with E-state index in [1.165, 1.54) is 0 Å². The number of cyclic esters (lactones) is 1. The Balaban J connectivity index is 2.95. The first-order valence-electron chi connectivity index (χ1n) is 5.07. The highest BCUT2D eigenvalue weighted by molar-refractivity contribution is 5.89. The SMILES string of the molecule is CCOC(=O)C1(CC)OC(=O)C(O)C1C. The van der Waals surface area contributed by atoms with Crippen molar-refractivity contribution in [3.05, 3.63) is 0 Å². The lowest BCUT2D eigenvalue weighted by molar-refractivity contribution is -0.177. The molecule has 0 saturated carbocycles. The number of hydrogen-bond donors (Lipinski definition) is 1. The first-order valence-corrected chi connectivity index (χ1v) is 5.07. The van der Waals surface area contributed by atoms with Gasteiger partial charge in [-0.1, -0.05) is 13.8 Å². The highest BCUT2D eigenvalue weighted by Crippen LogP contribution is 2.36. The Bertz CT molecular complexity index is 275. The number of hydrogen-bond acceptors (Lipinski definition) is 5. The van der Waals surface area contributed by atoms with Gasteiger partial charge < -0.3 is 14.6 Å². The number of carbonyl (C=O) groups excluding carboxylic acids is 2. The van der Waals surface area contributed by atoms with Gasteiger partial charge in [-0.3, -0.25) is 0 Å². The van der Waals surface area contributed by atoms with E-state index >= 15 is 0 Å². The quantitative estimate of drug-likeness (QED) is 0.685. The van der Waals surface area contributed by atoms with Crippen molar-refractivity contribution < 1.29 is 24.2 Å². The maximum Gasteiger partial charge on any atom is 0.350 e. The van der Waals surface area contributed by atoms with Gasteiger partial charge in [-0.25, -0.2) is 9.59 Å². The summed E-state index contributed by atoms with van der Waals surface area (Å²) >= 11 is 0. The van der Waals surface area contributed by atoms with Crippen LogP contribution < -0.4 is 0 Å². The van der Waals surface area contributed by atoms with Crippen LogP contribution in [-0.2, 0) is 19.1 Å². The molecule has 1 aliphatic heterocycles. The van der Waals surface area contributed by atoms with Crippen LogP contribution in [0.3, 0.4) is 0 Å². The molecule has 1 N–H and O–H groups in total. The molecule has 0 radical (unpaired) electrons. The van der Waals surface area contributed by atoms with Crippen molar-refractivity contribution in [2.45, 2.75) is 38.9 Å². The Morgan fingerprint density at radius 2 is 2.20 bits per heavy atom. The third-order valence-corrected chi connectivity index (χ3v) is 2.88. The molecule has 0 aromatic carbocycles. The van der Waals surface area contributed by atoms with Crippen molar-refractivity contribution in [3.63, 3.8) is 0 Å². The number of ether oxygens (including phenoxy) is 2. The number of rotatable bonds is 3. The number of aliphatic hydroxyl groups is 1. The van der Waals surface area contributed by atoms with E-state index in [2.05, 4.69) is 0 Å². The number of aliphatic hydroxyl groups excluding tert-OH is 1. The summed E-state index contributed by atoms with van der Waals surface area (Å²) in [6.45, 7) is 5.23. The van der Waals surface area contributed by atoms with E-state index in [-0.39, 0.29) is 6.61 Å². The van der Waals surface area contributed by atoms with Gasteiger partial charge in [-0.15, -0.1) is 0 Å². The fourth-order valence-electron chi connectivity index (χ4n) is 1.81. The van der Waals surface area contributed by atoms with Crippen molar-refractivity contribution in [1.82, 2.24) is 0 Å². The zero-order valence-corrected chi connectivity index (χ0v) is 9.15. The van der Waals surface area contributed by atoms with E-state index in [4.69, 9.17) is 9.47 Å². The van der Waals surface area contributed by atoms with Gasteiger partial charge in [0.1, 0.15) is 0 Å². The summed E-state index contributed by atoms with van der Waals surface area (Å²) in [4.78, 5) is 22.9. The predicted octanol–water partition coefficient (Wildman–Crippen LogP) is 0.252. The van der Waals surface area contributed by atoms with Crippen LogP contribution in [0.15, 0.2) is 0 Å². The molecular formula is C10H16O5. The van der Waals surface area contributed by atoms with Gasteiger partial charge in [-0.05, 0) is 13.3 Å². The smallest absolute Gasteiger partial charge is 0.350 e. The van der Waals surface area contributed by atoms with E-state index in [0.717, 1.165) is 0 Å². The molecule has 3 unspecified atom stereocenters. The molecule has 0 aromatic heterocycles. The standard InChI is InChI=1S/C10H16O5/c1-4-10(9(13)14-5-2)6(3)7(11)8(12)15-10/h6-7,11H,4-5H2,1-3H3. The number of esters is 2. The van der Waals surface area contributed by atoms with Gasteiger partial charge in [0, 0.05) is 5.92 Å². The van der Waals surface area contributed by atoms with Gasteiger partial charge in [0.2, 0.25) is 5.60 Å². The Morgan fingerprint density at radius 3 is 2.53 bits per heavy atom. The fourth-order valence-corrected chi connectivity index (χ4v) is 1.81. The highest BCUT2D eigenvalue weighted by Gasteiger charge is 2.57. The largest absolute Gasteiger partial charge is 0.463 e.